The van der Waals surface area contributed by atoms with Crippen LogP contribution in [0.5, 0.6) is 0 Å². The SMILES string of the molecule is CC(C(=O)N1CCC(N(C)C(=O)N2CC(c3cc(F)ccc3F)=CC2(CO)c2ccccc2)CC1)N1CCOCC1. The van der Waals surface area contributed by atoms with Crippen LogP contribution in [0.15, 0.2) is 54.6 Å². The summed E-state index contributed by atoms with van der Waals surface area (Å²) >= 11 is 0. The number of carbonyl (C=O) groups excluding carboxylic acids is 2. The van der Waals surface area contributed by atoms with E-state index >= 15 is 0 Å². The maximum absolute atomic E-state index is 14.8. The third-order valence-corrected chi connectivity index (χ3v) is 8.82. The average molecular weight is 569 g/mol. The molecule has 220 valence electrons. The van der Waals surface area contributed by atoms with Crippen molar-refractivity contribution >= 4 is 17.5 Å². The number of morpholine rings is 1. The fraction of sp³-hybridized carbons (Fsp3) is 0.484. The van der Waals surface area contributed by atoms with Gasteiger partial charge in [-0.05, 0) is 55.2 Å². The Labute approximate surface area is 239 Å². The minimum Gasteiger partial charge on any atom is -0.393 e. The lowest BCUT2D eigenvalue weighted by Crippen LogP contribution is -2.57. The normalized spacial score (nSPS) is 22.9. The molecule has 2 fully saturated rings. The number of urea groups is 1. The van der Waals surface area contributed by atoms with Gasteiger partial charge in [0.1, 0.15) is 17.2 Å². The Bertz CT molecular complexity index is 1280. The number of benzene rings is 2. The molecule has 3 aliphatic rings. The first-order chi connectivity index (χ1) is 19.7. The number of nitrogens with zero attached hydrogens (tertiary/aromatic N) is 4. The van der Waals surface area contributed by atoms with E-state index in [9.17, 15) is 23.5 Å². The molecule has 2 aromatic carbocycles. The first-order valence-corrected chi connectivity index (χ1v) is 14.2. The molecule has 0 aromatic heterocycles. The molecule has 3 aliphatic heterocycles. The Hall–Kier alpha value is -3.34. The topological polar surface area (TPSA) is 76.6 Å². The summed E-state index contributed by atoms with van der Waals surface area (Å²) in [4.78, 5) is 34.5. The van der Waals surface area contributed by atoms with Gasteiger partial charge in [-0.15, -0.1) is 0 Å². The van der Waals surface area contributed by atoms with Crippen molar-refractivity contribution in [3.8, 4) is 0 Å². The van der Waals surface area contributed by atoms with Crippen LogP contribution < -0.4 is 0 Å². The zero-order valence-electron chi connectivity index (χ0n) is 23.6. The van der Waals surface area contributed by atoms with Crippen LogP contribution in [-0.2, 0) is 15.1 Å². The molecule has 3 amide bonds. The average Bonchev–Trinajstić information content (AvgIpc) is 3.42. The standard InChI is InChI=1S/C31H38F2N4O4/c1-22(35-14-16-41-17-15-35)29(39)36-12-10-26(11-13-36)34(2)30(40)37-20-23(27-18-25(32)8-9-28(27)33)19-31(37,21-38)24-6-4-3-5-7-24/h3-9,18-19,22,26,38H,10-17,20-21H2,1-2H3. The molecule has 1 N–H and O–H groups in total. The fourth-order valence-corrected chi connectivity index (χ4v) is 6.26. The van der Waals surface area contributed by atoms with Gasteiger partial charge >= 0.3 is 6.03 Å². The molecule has 0 radical (unpaired) electrons. The van der Waals surface area contributed by atoms with Crippen LogP contribution in [0.1, 0.15) is 30.9 Å². The van der Waals surface area contributed by atoms with Gasteiger partial charge < -0.3 is 24.5 Å². The van der Waals surface area contributed by atoms with Crippen LogP contribution in [0.25, 0.3) is 5.57 Å². The van der Waals surface area contributed by atoms with Crippen LogP contribution in [0.2, 0.25) is 0 Å². The third-order valence-electron chi connectivity index (χ3n) is 8.82. The van der Waals surface area contributed by atoms with E-state index in [1.54, 1.807) is 22.9 Å². The first kappa shape index (κ1) is 29.2. The van der Waals surface area contributed by atoms with Crippen LogP contribution in [0.3, 0.4) is 0 Å². The number of halogens is 2. The van der Waals surface area contributed by atoms with Crippen LogP contribution in [0, 0.1) is 11.6 Å². The molecule has 2 aromatic rings. The second-order valence-corrected chi connectivity index (χ2v) is 11.1. The predicted molar refractivity (Wildman–Crippen MR) is 151 cm³/mol. The number of rotatable bonds is 6. The quantitative estimate of drug-likeness (QED) is 0.579. The fourth-order valence-electron chi connectivity index (χ4n) is 6.26. The van der Waals surface area contributed by atoms with E-state index in [-0.39, 0.29) is 36.1 Å². The largest absolute Gasteiger partial charge is 0.393 e. The molecule has 3 heterocycles. The second kappa shape index (κ2) is 12.3. The lowest BCUT2D eigenvalue weighted by atomic mass is 9.89. The van der Waals surface area contributed by atoms with Gasteiger partial charge in [0.05, 0.1) is 25.9 Å². The molecule has 0 bridgehead atoms. The van der Waals surface area contributed by atoms with Gasteiger partial charge in [0.2, 0.25) is 5.91 Å². The molecule has 5 rings (SSSR count). The monoisotopic (exact) mass is 568 g/mol. The number of aliphatic hydroxyl groups is 1. The van der Waals surface area contributed by atoms with E-state index in [4.69, 9.17) is 4.74 Å². The van der Waals surface area contributed by atoms with Gasteiger partial charge in [0.25, 0.3) is 0 Å². The molecule has 0 saturated carbocycles. The van der Waals surface area contributed by atoms with Crippen molar-refractivity contribution in [3.63, 3.8) is 0 Å². The van der Waals surface area contributed by atoms with Gasteiger partial charge in [0, 0.05) is 51.4 Å². The van der Waals surface area contributed by atoms with Gasteiger partial charge in [0.15, 0.2) is 0 Å². The summed E-state index contributed by atoms with van der Waals surface area (Å²) < 4.78 is 34.3. The highest BCUT2D eigenvalue weighted by atomic mass is 19.1. The maximum Gasteiger partial charge on any atom is 0.321 e. The molecule has 2 atom stereocenters. The van der Waals surface area contributed by atoms with Crippen LogP contribution >= 0.6 is 0 Å². The van der Waals surface area contributed by atoms with E-state index in [0.29, 0.717) is 50.3 Å². The van der Waals surface area contributed by atoms with Crippen molar-refractivity contribution < 1.29 is 28.2 Å². The molecule has 0 spiro atoms. The number of hydrogen-bond donors (Lipinski definition) is 1. The molecular formula is C31H38F2N4O4. The smallest absolute Gasteiger partial charge is 0.321 e. The highest BCUT2D eigenvalue weighted by Crippen LogP contribution is 2.41. The van der Waals surface area contributed by atoms with Crippen LogP contribution in [-0.4, -0.2) is 108 Å². The van der Waals surface area contributed by atoms with E-state index in [0.717, 1.165) is 31.3 Å². The first-order valence-electron chi connectivity index (χ1n) is 14.2. The van der Waals surface area contributed by atoms with Gasteiger partial charge in [-0.1, -0.05) is 30.3 Å². The van der Waals surface area contributed by atoms with Crippen molar-refractivity contribution in [1.82, 2.24) is 19.6 Å². The number of carbonyl (C=O) groups is 2. The van der Waals surface area contributed by atoms with Crippen LogP contribution in [0.4, 0.5) is 13.6 Å². The van der Waals surface area contributed by atoms with Gasteiger partial charge in [-0.2, -0.15) is 0 Å². The van der Waals surface area contributed by atoms with E-state index in [1.807, 2.05) is 42.2 Å². The molecule has 8 nitrogen and oxygen atoms in total. The van der Waals surface area contributed by atoms with Crippen molar-refractivity contribution in [2.45, 2.75) is 37.4 Å². The highest BCUT2D eigenvalue weighted by Gasteiger charge is 2.46. The third kappa shape index (κ3) is 5.73. The number of amides is 3. The second-order valence-electron chi connectivity index (χ2n) is 11.1. The highest BCUT2D eigenvalue weighted by molar-refractivity contribution is 5.84. The minimum absolute atomic E-state index is 0.00734. The summed E-state index contributed by atoms with van der Waals surface area (Å²) in [5.41, 5.74) is -0.0732. The minimum atomic E-state index is -1.25. The summed E-state index contributed by atoms with van der Waals surface area (Å²) in [6, 6.07) is 11.7. The van der Waals surface area contributed by atoms with E-state index < -0.39 is 23.8 Å². The summed E-state index contributed by atoms with van der Waals surface area (Å²) in [5.74, 6) is -1.08. The van der Waals surface area contributed by atoms with Crippen molar-refractivity contribution in [2.75, 3.05) is 59.6 Å². The molecular weight excluding hydrogens is 530 g/mol. The number of likely N-dealkylation sites (tertiary alicyclic amines) is 1. The Morgan fingerprint density at radius 3 is 2.41 bits per heavy atom. The summed E-state index contributed by atoms with van der Waals surface area (Å²) in [6.07, 6.45) is 2.92. The molecule has 10 heteroatoms. The Morgan fingerprint density at radius 2 is 1.76 bits per heavy atom. The van der Waals surface area contributed by atoms with E-state index in [2.05, 4.69) is 4.90 Å². The molecule has 0 aliphatic carbocycles. The molecule has 41 heavy (non-hydrogen) atoms. The van der Waals surface area contributed by atoms with Gasteiger partial charge in [-0.25, -0.2) is 13.6 Å². The predicted octanol–water partition coefficient (Wildman–Crippen LogP) is 3.32. The lowest BCUT2D eigenvalue weighted by molar-refractivity contribution is -0.139. The van der Waals surface area contributed by atoms with Crippen molar-refractivity contribution in [3.05, 3.63) is 77.4 Å². The zero-order valence-corrected chi connectivity index (χ0v) is 23.6. The number of ether oxygens (including phenoxy) is 1. The molecule has 2 saturated heterocycles. The number of hydrogen-bond acceptors (Lipinski definition) is 5. The summed E-state index contributed by atoms with van der Waals surface area (Å²) in [6.45, 7) is 5.33. The lowest BCUT2D eigenvalue weighted by Gasteiger charge is -2.43. The Balaban J connectivity index is 1.33. The summed E-state index contributed by atoms with van der Waals surface area (Å²) in [7, 11) is 1.73. The van der Waals surface area contributed by atoms with E-state index in [1.165, 1.54) is 0 Å². The summed E-state index contributed by atoms with van der Waals surface area (Å²) in [5, 5.41) is 10.7. The molecule has 2 unspecified atom stereocenters. The zero-order chi connectivity index (χ0) is 29.1. The maximum atomic E-state index is 14.8. The van der Waals surface area contributed by atoms with Gasteiger partial charge in [-0.3, -0.25) is 9.69 Å². The van der Waals surface area contributed by atoms with Crippen molar-refractivity contribution in [1.29, 1.82) is 0 Å². The number of aliphatic hydroxyl groups excluding tert-OH is 1. The Morgan fingerprint density at radius 1 is 1.07 bits per heavy atom. The number of piperidine rings is 1. The van der Waals surface area contributed by atoms with Crippen molar-refractivity contribution in [2.24, 2.45) is 0 Å². The Kier molecular flexibility index (Phi) is 8.72.